The van der Waals surface area contributed by atoms with Crippen LogP contribution < -0.4 is 10.2 Å². The Morgan fingerprint density at radius 3 is 2.64 bits per heavy atom. The van der Waals surface area contributed by atoms with E-state index in [0.29, 0.717) is 6.54 Å². The third kappa shape index (κ3) is 4.66. The lowest BCUT2D eigenvalue weighted by Gasteiger charge is -2.32. The number of urea groups is 1. The number of benzene rings is 1. The van der Waals surface area contributed by atoms with Crippen LogP contribution in [0.15, 0.2) is 24.3 Å². The van der Waals surface area contributed by atoms with E-state index in [2.05, 4.69) is 16.3 Å². The van der Waals surface area contributed by atoms with E-state index in [1.807, 2.05) is 25.2 Å². The van der Waals surface area contributed by atoms with E-state index in [-0.39, 0.29) is 18.1 Å². The average molecular weight is 345 g/mol. The van der Waals surface area contributed by atoms with E-state index in [4.69, 9.17) is 0 Å². The fraction of sp³-hybridized carbons (Fsp3) is 0.650. The first kappa shape index (κ1) is 18.1. The summed E-state index contributed by atoms with van der Waals surface area (Å²) in [5.41, 5.74) is 1.99. The minimum absolute atomic E-state index is 0.0952. The van der Waals surface area contributed by atoms with E-state index in [1.165, 1.54) is 19.3 Å². The molecule has 0 bridgehead atoms. The minimum Gasteiger partial charge on any atom is -0.393 e. The molecule has 2 N–H and O–H groups in total. The largest absolute Gasteiger partial charge is 0.393 e. The first-order chi connectivity index (χ1) is 12.1. The smallest absolute Gasteiger partial charge is 0.321 e. The summed E-state index contributed by atoms with van der Waals surface area (Å²) in [7, 11) is 1.82. The van der Waals surface area contributed by atoms with Gasteiger partial charge in [0.25, 0.3) is 0 Å². The van der Waals surface area contributed by atoms with Crippen molar-refractivity contribution >= 4 is 17.4 Å². The minimum atomic E-state index is -0.273. The van der Waals surface area contributed by atoms with Gasteiger partial charge in [0, 0.05) is 32.6 Å². The van der Waals surface area contributed by atoms with Gasteiger partial charge in [0.2, 0.25) is 0 Å². The second-order valence-corrected chi connectivity index (χ2v) is 7.49. The first-order valence-corrected chi connectivity index (χ1v) is 9.69. The van der Waals surface area contributed by atoms with Crippen LogP contribution in [-0.4, -0.2) is 48.8 Å². The number of carbonyl (C=O) groups excluding carboxylic acids is 1. The Labute approximate surface area is 151 Å². The summed E-state index contributed by atoms with van der Waals surface area (Å²) in [4.78, 5) is 16.7. The lowest BCUT2D eigenvalue weighted by Crippen LogP contribution is -2.40. The molecule has 3 rings (SSSR count). The highest BCUT2D eigenvalue weighted by Gasteiger charge is 2.26. The number of rotatable bonds is 4. The van der Waals surface area contributed by atoms with Gasteiger partial charge in [-0.1, -0.05) is 25.0 Å². The van der Waals surface area contributed by atoms with Crippen LogP contribution in [-0.2, 0) is 0 Å². The molecular formula is C20H31N3O2. The SMILES string of the molecule is CN(CC1CCCCC1O)C(=O)Nc1ccccc1N1CCCCC1. The molecule has 1 aliphatic heterocycles. The molecule has 25 heavy (non-hydrogen) atoms. The highest BCUT2D eigenvalue weighted by atomic mass is 16.3. The molecule has 0 spiro atoms. The number of nitrogens with one attached hydrogen (secondary N) is 1. The van der Waals surface area contributed by atoms with E-state index in [9.17, 15) is 9.90 Å². The summed E-state index contributed by atoms with van der Waals surface area (Å²) in [5, 5.41) is 13.2. The van der Waals surface area contributed by atoms with Crippen molar-refractivity contribution in [1.29, 1.82) is 0 Å². The lowest BCUT2D eigenvalue weighted by atomic mass is 9.86. The fourth-order valence-electron chi connectivity index (χ4n) is 4.04. The van der Waals surface area contributed by atoms with Crippen molar-refractivity contribution in [2.24, 2.45) is 5.92 Å². The van der Waals surface area contributed by atoms with Gasteiger partial charge in [0.05, 0.1) is 17.5 Å². The summed E-state index contributed by atoms with van der Waals surface area (Å²) in [5.74, 6) is 0.196. The zero-order valence-corrected chi connectivity index (χ0v) is 15.3. The average Bonchev–Trinajstić information content (AvgIpc) is 2.64. The number of para-hydroxylation sites is 2. The fourth-order valence-corrected chi connectivity index (χ4v) is 4.04. The van der Waals surface area contributed by atoms with Crippen LogP contribution in [0.3, 0.4) is 0 Å². The predicted octanol–water partition coefficient (Wildman–Crippen LogP) is 3.69. The van der Waals surface area contributed by atoms with E-state index in [1.54, 1.807) is 4.90 Å². The molecule has 1 aliphatic carbocycles. The van der Waals surface area contributed by atoms with E-state index < -0.39 is 0 Å². The number of hydrogen-bond acceptors (Lipinski definition) is 3. The number of aliphatic hydroxyl groups is 1. The predicted molar refractivity (Wildman–Crippen MR) is 102 cm³/mol. The Kier molecular flexibility index (Phi) is 6.19. The monoisotopic (exact) mass is 345 g/mol. The maximum Gasteiger partial charge on any atom is 0.321 e. The second kappa shape index (κ2) is 8.56. The lowest BCUT2D eigenvalue weighted by molar-refractivity contribution is 0.0575. The molecule has 1 aromatic carbocycles. The van der Waals surface area contributed by atoms with Gasteiger partial charge in [-0.25, -0.2) is 4.79 Å². The van der Waals surface area contributed by atoms with Gasteiger partial charge >= 0.3 is 6.03 Å². The van der Waals surface area contributed by atoms with Gasteiger partial charge in [-0.3, -0.25) is 0 Å². The molecule has 0 aromatic heterocycles. The zero-order valence-electron chi connectivity index (χ0n) is 15.3. The van der Waals surface area contributed by atoms with Gasteiger partial charge in [-0.15, -0.1) is 0 Å². The van der Waals surface area contributed by atoms with Crippen molar-refractivity contribution in [1.82, 2.24) is 4.90 Å². The third-order valence-corrected chi connectivity index (χ3v) is 5.57. The topological polar surface area (TPSA) is 55.8 Å². The number of amides is 2. The van der Waals surface area contributed by atoms with Crippen LogP contribution in [0, 0.1) is 5.92 Å². The number of carbonyl (C=O) groups is 1. The third-order valence-electron chi connectivity index (χ3n) is 5.57. The van der Waals surface area contributed by atoms with E-state index >= 15 is 0 Å². The van der Waals surface area contributed by atoms with Gasteiger partial charge in [-0.2, -0.15) is 0 Å². The maximum absolute atomic E-state index is 12.6. The quantitative estimate of drug-likeness (QED) is 0.875. The summed E-state index contributed by atoms with van der Waals surface area (Å²) >= 11 is 0. The number of anilines is 2. The van der Waals surface area contributed by atoms with Gasteiger partial charge in [-0.05, 0) is 44.2 Å². The van der Waals surface area contributed by atoms with Crippen molar-refractivity contribution < 1.29 is 9.90 Å². The number of piperidine rings is 1. The Morgan fingerprint density at radius 1 is 1.16 bits per heavy atom. The van der Waals surface area contributed by atoms with Crippen LogP contribution in [0.2, 0.25) is 0 Å². The summed E-state index contributed by atoms with van der Waals surface area (Å²) in [6, 6.07) is 7.97. The molecule has 1 aromatic rings. The molecule has 1 heterocycles. The highest BCUT2D eigenvalue weighted by Crippen LogP contribution is 2.29. The normalized spacial score (nSPS) is 24.0. The summed E-state index contributed by atoms with van der Waals surface area (Å²) < 4.78 is 0. The van der Waals surface area contributed by atoms with Crippen molar-refractivity contribution in [3.8, 4) is 0 Å². The molecule has 0 radical (unpaired) electrons. The highest BCUT2D eigenvalue weighted by molar-refractivity contribution is 5.93. The van der Waals surface area contributed by atoms with Gasteiger partial charge in [0.15, 0.2) is 0 Å². The summed E-state index contributed by atoms with van der Waals surface area (Å²) in [6.45, 7) is 2.72. The Morgan fingerprint density at radius 2 is 1.88 bits per heavy atom. The Hall–Kier alpha value is -1.75. The summed E-state index contributed by atoms with van der Waals surface area (Å²) in [6.07, 6.45) is 7.54. The van der Waals surface area contributed by atoms with Crippen LogP contribution in [0.1, 0.15) is 44.9 Å². The molecule has 2 aliphatic rings. The standard InChI is InChI=1S/C20H31N3O2/c1-22(15-16-9-3-6-12-19(16)24)20(25)21-17-10-4-5-11-18(17)23-13-7-2-8-14-23/h4-5,10-11,16,19,24H,2-3,6-9,12-15H2,1H3,(H,21,25). The van der Waals surface area contributed by atoms with Crippen LogP contribution >= 0.6 is 0 Å². The van der Waals surface area contributed by atoms with Crippen LogP contribution in [0.4, 0.5) is 16.2 Å². The molecule has 2 unspecified atom stereocenters. The molecule has 1 saturated heterocycles. The Balaban J connectivity index is 1.62. The molecular weight excluding hydrogens is 314 g/mol. The number of hydrogen-bond donors (Lipinski definition) is 2. The maximum atomic E-state index is 12.6. The van der Waals surface area contributed by atoms with Crippen molar-refractivity contribution in [2.75, 3.05) is 36.9 Å². The van der Waals surface area contributed by atoms with Crippen molar-refractivity contribution in [2.45, 2.75) is 51.0 Å². The molecule has 2 fully saturated rings. The zero-order chi connectivity index (χ0) is 17.6. The van der Waals surface area contributed by atoms with Crippen molar-refractivity contribution in [3.63, 3.8) is 0 Å². The van der Waals surface area contributed by atoms with Crippen LogP contribution in [0.25, 0.3) is 0 Å². The molecule has 5 nitrogen and oxygen atoms in total. The molecule has 138 valence electrons. The molecule has 2 amide bonds. The van der Waals surface area contributed by atoms with Crippen molar-refractivity contribution in [3.05, 3.63) is 24.3 Å². The molecule has 5 heteroatoms. The number of aliphatic hydroxyl groups excluding tert-OH is 1. The molecule has 1 saturated carbocycles. The Bertz CT molecular complexity index is 572. The number of nitrogens with zero attached hydrogens (tertiary/aromatic N) is 2. The van der Waals surface area contributed by atoms with Gasteiger partial charge < -0.3 is 20.2 Å². The first-order valence-electron chi connectivity index (χ1n) is 9.69. The van der Waals surface area contributed by atoms with E-state index in [0.717, 1.165) is 50.1 Å². The molecule has 2 atom stereocenters. The van der Waals surface area contributed by atoms with Gasteiger partial charge in [0.1, 0.15) is 0 Å². The van der Waals surface area contributed by atoms with Crippen LogP contribution in [0.5, 0.6) is 0 Å². The second-order valence-electron chi connectivity index (χ2n) is 7.49.